The number of hydrogen-bond donors (Lipinski definition) is 1. The number of rotatable bonds is 2. The molecule has 2 N–H and O–H groups in total. The summed E-state index contributed by atoms with van der Waals surface area (Å²) in [6, 6.07) is 2.18. The summed E-state index contributed by atoms with van der Waals surface area (Å²) < 4.78 is 0. The van der Waals surface area contributed by atoms with Gasteiger partial charge in [-0.15, -0.1) is 0 Å². The first-order valence-electron chi connectivity index (χ1n) is 5.07. The van der Waals surface area contributed by atoms with Crippen LogP contribution in [0.15, 0.2) is 11.3 Å². The molecule has 0 aliphatic carbocycles. The molecule has 0 rings (SSSR count). The van der Waals surface area contributed by atoms with Crippen LogP contribution in [0.3, 0.4) is 0 Å². The quantitative estimate of drug-likeness (QED) is 0.686. The molecular weight excluding hydrogens is 172 g/mol. The van der Waals surface area contributed by atoms with E-state index in [1.54, 1.807) is 0 Å². The maximum atomic E-state index is 8.94. The van der Waals surface area contributed by atoms with Gasteiger partial charge in [0.25, 0.3) is 0 Å². The highest BCUT2D eigenvalue weighted by Gasteiger charge is 2.36. The number of allylic oxidation sites excluding steroid dienone is 2. The van der Waals surface area contributed by atoms with Crippen LogP contribution >= 0.6 is 0 Å². The molecule has 0 aliphatic rings. The molecule has 0 aliphatic heterocycles. The molecule has 0 spiro atoms. The van der Waals surface area contributed by atoms with Gasteiger partial charge >= 0.3 is 0 Å². The third-order valence-electron chi connectivity index (χ3n) is 3.36. The van der Waals surface area contributed by atoms with Crippen molar-refractivity contribution in [3.05, 3.63) is 11.3 Å². The van der Waals surface area contributed by atoms with E-state index in [1.165, 1.54) is 0 Å². The molecule has 0 unspecified atom stereocenters. The van der Waals surface area contributed by atoms with E-state index >= 15 is 0 Å². The molecule has 0 heterocycles. The SMILES string of the molecule is CC/C(C#N)=C(\N)C(C)(C)C(C)(C)C. The Balaban J connectivity index is 5.33. The van der Waals surface area contributed by atoms with Crippen LogP contribution in [-0.2, 0) is 0 Å². The predicted molar refractivity (Wildman–Crippen MR) is 60.4 cm³/mol. The Hall–Kier alpha value is -0.970. The number of nitriles is 1. The lowest BCUT2D eigenvalue weighted by Gasteiger charge is -2.39. The summed E-state index contributed by atoms with van der Waals surface area (Å²) >= 11 is 0. The van der Waals surface area contributed by atoms with Gasteiger partial charge in [0.05, 0.1) is 6.07 Å². The molecular formula is C12H22N2. The Bertz CT molecular complexity index is 272. The van der Waals surface area contributed by atoms with Crippen LogP contribution in [0, 0.1) is 22.2 Å². The van der Waals surface area contributed by atoms with Crippen molar-refractivity contribution >= 4 is 0 Å². The number of nitrogens with zero attached hydrogens (tertiary/aromatic N) is 1. The van der Waals surface area contributed by atoms with E-state index in [2.05, 4.69) is 40.7 Å². The van der Waals surface area contributed by atoms with Crippen molar-refractivity contribution in [1.29, 1.82) is 5.26 Å². The number of hydrogen-bond acceptors (Lipinski definition) is 2. The monoisotopic (exact) mass is 194 g/mol. The van der Waals surface area contributed by atoms with Gasteiger partial charge in [-0.2, -0.15) is 5.26 Å². The van der Waals surface area contributed by atoms with Crippen molar-refractivity contribution in [2.75, 3.05) is 0 Å². The fraction of sp³-hybridized carbons (Fsp3) is 0.750. The summed E-state index contributed by atoms with van der Waals surface area (Å²) in [5, 5.41) is 8.94. The van der Waals surface area contributed by atoms with E-state index in [0.29, 0.717) is 12.0 Å². The topological polar surface area (TPSA) is 49.8 Å². The molecule has 0 saturated heterocycles. The fourth-order valence-corrected chi connectivity index (χ4v) is 1.11. The summed E-state index contributed by atoms with van der Waals surface area (Å²) in [6.45, 7) is 12.6. The Morgan fingerprint density at radius 3 is 1.86 bits per heavy atom. The van der Waals surface area contributed by atoms with Crippen LogP contribution < -0.4 is 5.73 Å². The van der Waals surface area contributed by atoms with Gasteiger partial charge in [-0.3, -0.25) is 0 Å². The third-order valence-corrected chi connectivity index (χ3v) is 3.36. The first kappa shape index (κ1) is 13.0. The molecule has 2 nitrogen and oxygen atoms in total. The minimum Gasteiger partial charge on any atom is -0.401 e. The molecule has 0 radical (unpaired) electrons. The van der Waals surface area contributed by atoms with Gasteiger partial charge in [0.2, 0.25) is 0 Å². The largest absolute Gasteiger partial charge is 0.401 e. The van der Waals surface area contributed by atoms with Gasteiger partial charge in [0.15, 0.2) is 0 Å². The highest BCUT2D eigenvalue weighted by Crippen LogP contribution is 2.43. The molecule has 0 saturated carbocycles. The van der Waals surface area contributed by atoms with Crippen LogP contribution in [0.4, 0.5) is 0 Å². The van der Waals surface area contributed by atoms with Gasteiger partial charge in [-0.25, -0.2) is 0 Å². The Labute approximate surface area is 87.8 Å². The Morgan fingerprint density at radius 2 is 1.64 bits per heavy atom. The summed E-state index contributed by atoms with van der Waals surface area (Å²) in [5.41, 5.74) is 7.42. The maximum Gasteiger partial charge on any atom is 0.0965 e. The van der Waals surface area contributed by atoms with Crippen LogP contribution in [0.5, 0.6) is 0 Å². The van der Waals surface area contributed by atoms with Crippen molar-refractivity contribution in [3.8, 4) is 6.07 Å². The lowest BCUT2D eigenvalue weighted by molar-refractivity contribution is 0.174. The Kier molecular flexibility index (Phi) is 3.76. The fourth-order valence-electron chi connectivity index (χ4n) is 1.11. The molecule has 0 fully saturated rings. The highest BCUT2D eigenvalue weighted by atomic mass is 14.7. The van der Waals surface area contributed by atoms with E-state index in [0.717, 1.165) is 5.70 Å². The minimum absolute atomic E-state index is 0.0638. The van der Waals surface area contributed by atoms with E-state index in [4.69, 9.17) is 11.0 Å². The van der Waals surface area contributed by atoms with Gasteiger partial charge in [-0.05, 0) is 11.8 Å². The minimum atomic E-state index is -0.145. The first-order chi connectivity index (χ1) is 6.18. The zero-order chi connectivity index (χ0) is 11.6. The van der Waals surface area contributed by atoms with E-state index in [1.807, 2.05) is 6.92 Å². The second-order valence-electron chi connectivity index (χ2n) is 5.23. The van der Waals surface area contributed by atoms with Gasteiger partial charge in [0, 0.05) is 16.7 Å². The summed E-state index contributed by atoms with van der Waals surface area (Å²) in [4.78, 5) is 0. The molecule has 0 amide bonds. The second kappa shape index (κ2) is 4.04. The third kappa shape index (κ3) is 2.29. The smallest absolute Gasteiger partial charge is 0.0965 e. The molecule has 0 atom stereocenters. The highest BCUT2D eigenvalue weighted by molar-refractivity contribution is 5.30. The van der Waals surface area contributed by atoms with Crippen molar-refractivity contribution in [3.63, 3.8) is 0 Å². The zero-order valence-corrected chi connectivity index (χ0v) is 10.2. The van der Waals surface area contributed by atoms with Crippen LogP contribution in [0.25, 0.3) is 0 Å². The van der Waals surface area contributed by atoms with E-state index in [9.17, 15) is 0 Å². The Morgan fingerprint density at radius 1 is 1.21 bits per heavy atom. The first-order valence-corrected chi connectivity index (χ1v) is 5.07. The van der Waals surface area contributed by atoms with E-state index < -0.39 is 0 Å². The van der Waals surface area contributed by atoms with Crippen LogP contribution in [0.2, 0.25) is 0 Å². The molecule has 2 heteroatoms. The maximum absolute atomic E-state index is 8.94. The van der Waals surface area contributed by atoms with Crippen molar-refractivity contribution in [1.82, 2.24) is 0 Å². The summed E-state index contributed by atoms with van der Waals surface area (Å²) in [7, 11) is 0. The standard InChI is InChI=1S/C12H22N2/c1-7-9(8-13)10(14)12(5,6)11(2,3)4/h7,14H2,1-6H3/b10-9+. The molecule has 80 valence electrons. The van der Waals surface area contributed by atoms with Gasteiger partial charge in [-0.1, -0.05) is 41.5 Å². The van der Waals surface area contributed by atoms with Gasteiger partial charge in [0.1, 0.15) is 0 Å². The van der Waals surface area contributed by atoms with Crippen LogP contribution in [0.1, 0.15) is 48.0 Å². The molecule has 14 heavy (non-hydrogen) atoms. The normalized spacial score (nSPS) is 14.6. The van der Waals surface area contributed by atoms with Gasteiger partial charge < -0.3 is 5.73 Å². The lowest BCUT2D eigenvalue weighted by Crippen LogP contribution is -2.35. The average molecular weight is 194 g/mol. The molecule has 0 aromatic carbocycles. The van der Waals surface area contributed by atoms with Crippen molar-refractivity contribution < 1.29 is 0 Å². The van der Waals surface area contributed by atoms with Crippen molar-refractivity contribution in [2.45, 2.75) is 48.0 Å². The number of nitrogens with two attached hydrogens (primary N) is 1. The summed E-state index contributed by atoms with van der Waals surface area (Å²) in [5.74, 6) is 0. The summed E-state index contributed by atoms with van der Waals surface area (Å²) in [6.07, 6.45) is 0.710. The lowest BCUT2D eigenvalue weighted by atomic mass is 9.66. The zero-order valence-electron chi connectivity index (χ0n) is 10.2. The second-order valence-corrected chi connectivity index (χ2v) is 5.23. The molecule has 0 aromatic heterocycles. The predicted octanol–water partition coefficient (Wildman–Crippen LogP) is 3.21. The van der Waals surface area contributed by atoms with Crippen LogP contribution in [-0.4, -0.2) is 0 Å². The van der Waals surface area contributed by atoms with E-state index in [-0.39, 0.29) is 10.8 Å². The molecule has 0 aromatic rings. The molecule has 0 bridgehead atoms. The average Bonchev–Trinajstić information content (AvgIpc) is 2.04. The van der Waals surface area contributed by atoms with Crippen molar-refractivity contribution in [2.24, 2.45) is 16.6 Å².